The van der Waals surface area contributed by atoms with Gasteiger partial charge < -0.3 is 5.32 Å². The Morgan fingerprint density at radius 3 is 2.50 bits per heavy atom. The molecule has 0 bridgehead atoms. The Morgan fingerprint density at radius 2 is 1.93 bits per heavy atom. The summed E-state index contributed by atoms with van der Waals surface area (Å²) in [5, 5.41) is 3.52. The third-order valence-corrected chi connectivity index (χ3v) is 2.68. The van der Waals surface area contributed by atoms with Crippen LogP contribution in [0.3, 0.4) is 0 Å². The van der Waals surface area contributed by atoms with Crippen LogP contribution in [0, 0.1) is 5.92 Å². The van der Waals surface area contributed by atoms with Crippen LogP contribution in [0.2, 0.25) is 0 Å². The molecule has 1 N–H and O–H groups in total. The van der Waals surface area contributed by atoms with Gasteiger partial charge in [0, 0.05) is 18.4 Å². The molecule has 0 aliphatic rings. The largest absolute Gasteiger partial charge is 0.310 e. The topological polar surface area (TPSA) is 24.9 Å². The summed E-state index contributed by atoms with van der Waals surface area (Å²) in [6.45, 7) is 7.77. The predicted octanol–water partition coefficient (Wildman–Crippen LogP) is 2.78. The van der Waals surface area contributed by atoms with Gasteiger partial charge >= 0.3 is 0 Å². The van der Waals surface area contributed by atoms with Crippen molar-refractivity contribution in [1.82, 2.24) is 10.3 Å². The molecule has 2 nitrogen and oxygen atoms in total. The number of nitrogens with one attached hydrogen (secondary N) is 1. The molecule has 2 atom stereocenters. The lowest BCUT2D eigenvalue weighted by molar-refractivity contribution is 0.461. The van der Waals surface area contributed by atoms with Crippen molar-refractivity contribution < 1.29 is 0 Å². The fourth-order valence-electron chi connectivity index (χ4n) is 1.29. The molecular formula is C12H20N2. The molecular weight excluding hydrogens is 172 g/mol. The molecule has 78 valence electrons. The third kappa shape index (κ3) is 3.46. The molecule has 1 aromatic rings. The van der Waals surface area contributed by atoms with Gasteiger partial charge in [-0.3, -0.25) is 4.98 Å². The van der Waals surface area contributed by atoms with Crippen LogP contribution >= 0.6 is 0 Å². The first-order valence-corrected chi connectivity index (χ1v) is 5.37. The molecule has 14 heavy (non-hydrogen) atoms. The first kappa shape index (κ1) is 11.2. The van der Waals surface area contributed by atoms with E-state index in [1.807, 2.05) is 12.4 Å². The van der Waals surface area contributed by atoms with Crippen molar-refractivity contribution in [1.29, 1.82) is 0 Å². The zero-order valence-corrected chi connectivity index (χ0v) is 9.33. The Morgan fingerprint density at radius 1 is 1.29 bits per heavy atom. The predicted molar refractivity (Wildman–Crippen MR) is 60.1 cm³/mol. The van der Waals surface area contributed by atoms with Crippen molar-refractivity contribution in [2.75, 3.05) is 6.54 Å². The number of rotatable bonds is 5. The van der Waals surface area contributed by atoms with Gasteiger partial charge in [0.15, 0.2) is 0 Å². The highest BCUT2D eigenvalue weighted by Gasteiger charge is 2.05. The van der Waals surface area contributed by atoms with Crippen molar-refractivity contribution >= 4 is 0 Å². The Balaban J connectivity index is 2.39. The molecule has 0 aromatic carbocycles. The van der Waals surface area contributed by atoms with Gasteiger partial charge in [0.05, 0.1) is 0 Å². The fraction of sp³-hybridized carbons (Fsp3) is 0.583. The van der Waals surface area contributed by atoms with Crippen molar-refractivity contribution in [3.05, 3.63) is 30.1 Å². The van der Waals surface area contributed by atoms with Crippen molar-refractivity contribution in [3.63, 3.8) is 0 Å². The molecule has 0 saturated heterocycles. The zero-order chi connectivity index (χ0) is 10.4. The van der Waals surface area contributed by atoms with Gasteiger partial charge in [0.25, 0.3) is 0 Å². The van der Waals surface area contributed by atoms with Crippen LogP contribution in [-0.2, 0) is 0 Å². The van der Waals surface area contributed by atoms with Crippen LogP contribution in [-0.4, -0.2) is 11.5 Å². The Bertz CT molecular complexity index is 246. The van der Waals surface area contributed by atoms with E-state index >= 15 is 0 Å². The van der Waals surface area contributed by atoms with Crippen LogP contribution in [0.25, 0.3) is 0 Å². The second-order valence-electron chi connectivity index (χ2n) is 3.92. The van der Waals surface area contributed by atoms with Crippen molar-refractivity contribution in [2.24, 2.45) is 5.92 Å². The highest BCUT2D eigenvalue weighted by atomic mass is 14.9. The molecule has 0 unspecified atom stereocenters. The third-order valence-electron chi connectivity index (χ3n) is 2.68. The number of aromatic nitrogens is 1. The average molecular weight is 192 g/mol. The molecule has 0 aliphatic heterocycles. The summed E-state index contributed by atoms with van der Waals surface area (Å²) >= 11 is 0. The van der Waals surface area contributed by atoms with Crippen molar-refractivity contribution in [2.45, 2.75) is 33.2 Å². The maximum Gasteiger partial charge on any atom is 0.0293 e. The maximum atomic E-state index is 4.01. The highest BCUT2D eigenvalue weighted by Crippen LogP contribution is 2.11. The van der Waals surface area contributed by atoms with Crippen LogP contribution in [0.15, 0.2) is 24.5 Å². The van der Waals surface area contributed by atoms with Gasteiger partial charge in [-0.25, -0.2) is 0 Å². The maximum absolute atomic E-state index is 4.01. The number of hydrogen-bond acceptors (Lipinski definition) is 2. The lowest BCUT2D eigenvalue weighted by atomic mass is 10.1. The van der Waals surface area contributed by atoms with Gasteiger partial charge in [0.1, 0.15) is 0 Å². The van der Waals surface area contributed by atoms with Gasteiger partial charge in [-0.15, -0.1) is 0 Å². The number of nitrogens with zero attached hydrogens (tertiary/aromatic N) is 1. The number of hydrogen-bond donors (Lipinski definition) is 1. The van der Waals surface area contributed by atoms with Crippen molar-refractivity contribution in [3.8, 4) is 0 Å². The van der Waals surface area contributed by atoms with E-state index in [4.69, 9.17) is 0 Å². The first-order valence-electron chi connectivity index (χ1n) is 5.37. The van der Waals surface area contributed by atoms with E-state index in [0.29, 0.717) is 6.04 Å². The Labute approximate surface area is 86.8 Å². The summed E-state index contributed by atoms with van der Waals surface area (Å²) in [5.74, 6) is 0.749. The summed E-state index contributed by atoms with van der Waals surface area (Å²) in [4.78, 5) is 4.01. The molecule has 0 saturated carbocycles. The monoisotopic (exact) mass is 192 g/mol. The molecule has 1 rings (SSSR count). The molecule has 2 heteroatoms. The van der Waals surface area contributed by atoms with E-state index in [1.54, 1.807) is 0 Å². The summed E-state index contributed by atoms with van der Waals surface area (Å²) in [6, 6.07) is 4.55. The molecule has 1 aromatic heterocycles. The quantitative estimate of drug-likeness (QED) is 0.776. The summed E-state index contributed by atoms with van der Waals surface area (Å²) in [6.07, 6.45) is 4.92. The Kier molecular flexibility index (Phi) is 4.60. The van der Waals surface area contributed by atoms with Crippen LogP contribution in [0.1, 0.15) is 38.8 Å². The normalized spacial score (nSPS) is 15.1. The summed E-state index contributed by atoms with van der Waals surface area (Å²) in [7, 11) is 0. The SMILES string of the molecule is CC[C@H](C)CN[C@H](C)c1ccncc1. The molecule has 0 amide bonds. The zero-order valence-electron chi connectivity index (χ0n) is 9.33. The van der Waals surface area contributed by atoms with E-state index in [2.05, 4.69) is 43.2 Å². The van der Waals surface area contributed by atoms with E-state index in [0.717, 1.165) is 12.5 Å². The van der Waals surface area contributed by atoms with Gasteiger partial charge in [0.2, 0.25) is 0 Å². The van der Waals surface area contributed by atoms with Crippen LogP contribution in [0.4, 0.5) is 0 Å². The first-order chi connectivity index (χ1) is 6.74. The van der Waals surface area contributed by atoms with E-state index < -0.39 is 0 Å². The molecule has 0 radical (unpaired) electrons. The van der Waals surface area contributed by atoms with Gasteiger partial charge in [-0.2, -0.15) is 0 Å². The van der Waals surface area contributed by atoms with Crippen LogP contribution < -0.4 is 5.32 Å². The smallest absolute Gasteiger partial charge is 0.0293 e. The minimum Gasteiger partial charge on any atom is -0.310 e. The van der Waals surface area contributed by atoms with Crippen LogP contribution in [0.5, 0.6) is 0 Å². The fourth-order valence-corrected chi connectivity index (χ4v) is 1.29. The van der Waals surface area contributed by atoms with Gasteiger partial charge in [-0.1, -0.05) is 20.3 Å². The standard InChI is InChI=1S/C12H20N2/c1-4-10(2)9-14-11(3)12-5-7-13-8-6-12/h5-8,10-11,14H,4,9H2,1-3H3/t10-,11+/m0/s1. The highest BCUT2D eigenvalue weighted by molar-refractivity contribution is 5.13. The average Bonchev–Trinajstić information content (AvgIpc) is 2.26. The lowest BCUT2D eigenvalue weighted by Crippen LogP contribution is -2.24. The van der Waals surface area contributed by atoms with E-state index in [-0.39, 0.29) is 0 Å². The minimum absolute atomic E-state index is 0.423. The number of pyridine rings is 1. The molecule has 1 heterocycles. The van der Waals surface area contributed by atoms with Gasteiger partial charge in [-0.05, 0) is 37.1 Å². The second-order valence-corrected chi connectivity index (χ2v) is 3.92. The second kappa shape index (κ2) is 5.76. The van der Waals surface area contributed by atoms with E-state index in [1.165, 1.54) is 12.0 Å². The summed E-state index contributed by atoms with van der Waals surface area (Å²) in [5.41, 5.74) is 1.31. The van der Waals surface area contributed by atoms with E-state index in [9.17, 15) is 0 Å². The summed E-state index contributed by atoms with van der Waals surface area (Å²) < 4.78 is 0. The lowest BCUT2D eigenvalue weighted by Gasteiger charge is -2.16. The molecule has 0 spiro atoms. The molecule has 0 fully saturated rings. The Hall–Kier alpha value is -0.890. The molecule has 0 aliphatic carbocycles. The minimum atomic E-state index is 0.423.